The lowest BCUT2D eigenvalue weighted by Crippen LogP contribution is -2.28. The number of rotatable bonds is 3. The SMILES string of the molecule is Cc1cc(C)nc(NC(=S)NCc2ccccc2)n1. The van der Waals surface area contributed by atoms with Crippen molar-refractivity contribution in [3.8, 4) is 0 Å². The van der Waals surface area contributed by atoms with E-state index in [9.17, 15) is 0 Å². The summed E-state index contributed by atoms with van der Waals surface area (Å²) >= 11 is 5.22. The molecule has 0 amide bonds. The third-order valence-corrected chi connectivity index (χ3v) is 2.75. The molecule has 0 saturated carbocycles. The Morgan fingerprint density at radius 2 is 1.74 bits per heavy atom. The highest BCUT2D eigenvalue weighted by molar-refractivity contribution is 7.80. The third kappa shape index (κ3) is 4.30. The molecule has 0 radical (unpaired) electrons. The van der Waals surface area contributed by atoms with Crippen molar-refractivity contribution in [3.63, 3.8) is 0 Å². The Hall–Kier alpha value is -2.01. The molecule has 0 aliphatic heterocycles. The van der Waals surface area contributed by atoms with Crippen LogP contribution in [0, 0.1) is 13.8 Å². The van der Waals surface area contributed by atoms with Crippen molar-refractivity contribution in [2.24, 2.45) is 0 Å². The van der Waals surface area contributed by atoms with Gasteiger partial charge < -0.3 is 10.6 Å². The Labute approximate surface area is 118 Å². The first-order chi connectivity index (χ1) is 9.13. The summed E-state index contributed by atoms with van der Waals surface area (Å²) < 4.78 is 0. The number of nitrogens with one attached hydrogen (secondary N) is 2. The molecule has 19 heavy (non-hydrogen) atoms. The van der Waals surface area contributed by atoms with Crippen LogP contribution in [0.2, 0.25) is 0 Å². The van der Waals surface area contributed by atoms with Crippen LogP contribution in [0.3, 0.4) is 0 Å². The number of thiocarbonyl (C=S) groups is 1. The molecule has 0 aliphatic carbocycles. The van der Waals surface area contributed by atoms with Crippen LogP contribution in [-0.2, 0) is 6.54 Å². The fraction of sp³-hybridized carbons (Fsp3) is 0.214. The maximum absolute atomic E-state index is 5.22. The number of anilines is 1. The van der Waals surface area contributed by atoms with Crippen LogP contribution in [0.4, 0.5) is 5.95 Å². The van der Waals surface area contributed by atoms with Gasteiger partial charge in [-0.15, -0.1) is 0 Å². The molecule has 98 valence electrons. The van der Waals surface area contributed by atoms with Gasteiger partial charge in [0.15, 0.2) is 5.11 Å². The maximum Gasteiger partial charge on any atom is 0.229 e. The predicted octanol–water partition coefficient (Wildman–Crippen LogP) is 2.58. The summed E-state index contributed by atoms with van der Waals surface area (Å²) in [6, 6.07) is 12.0. The van der Waals surface area contributed by atoms with Crippen molar-refractivity contribution in [2.45, 2.75) is 20.4 Å². The Morgan fingerprint density at radius 1 is 1.11 bits per heavy atom. The average molecular weight is 272 g/mol. The molecule has 2 N–H and O–H groups in total. The molecule has 0 atom stereocenters. The van der Waals surface area contributed by atoms with E-state index >= 15 is 0 Å². The second kappa shape index (κ2) is 6.24. The van der Waals surface area contributed by atoms with Crippen LogP contribution in [0.1, 0.15) is 17.0 Å². The first-order valence-electron chi connectivity index (χ1n) is 6.04. The van der Waals surface area contributed by atoms with Crippen LogP contribution < -0.4 is 10.6 Å². The second-order valence-electron chi connectivity index (χ2n) is 4.27. The first kappa shape index (κ1) is 13.4. The maximum atomic E-state index is 5.22. The van der Waals surface area contributed by atoms with Crippen LogP contribution in [0.25, 0.3) is 0 Å². The molecule has 0 bridgehead atoms. The summed E-state index contributed by atoms with van der Waals surface area (Å²) in [5.41, 5.74) is 3.01. The molecule has 5 heteroatoms. The van der Waals surface area contributed by atoms with Crippen molar-refractivity contribution in [1.82, 2.24) is 15.3 Å². The Kier molecular flexibility index (Phi) is 4.41. The lowest BCUT2D eigenvalue weighted by molar-refractivity contribution is 0.921. The zero-order chi connectivity index (χ0) is 13.7. The van der Waals surface area contributed by atoms with Crippen LogP contribution in [0.5, 0.6) is 0 Å². The lowest BCUT2D eigenvalue weighted by atomic mass is 10.2. The molecular weight excluding hydrogens is 256 g/mol. The van der Waals surface area contributed by atoms with Crippen molar-refractivity contribution >= 4 is 23.3 Å². The van der Waals surface area contributed by atoms with Crippen LogP contribution >= 0.6 is 12.2 Å². The van der Waals surface area contributed by atoms with E-state index in [2.05, 4.69) is 20.6 Å². The van der Waals surface area contributed by atoms with Crippen LogP contribution in [0.15, 0.2) is 36.4 Å². The van der Waals surface area contributed by atoms with E-state index < -0.39 is 0 Å². The molecule has 4 nitrogen and oxygen atoms in total. The molecule has 1 aromatic carbocycles. The van der Waals surface area contributed by atoms with Gasteiger partial charge in [0.25, 0.3) is 0 Å². The predicted molar refractivity (Wildman–Crippen MR) is 81.0 cm³/mol. The van der Waals surface area contributed by atoms with Crippen molar-refractivity contribution in [3.05, 3.63) is 53.3 Å². The Bertz CT molecular complexity index is 549. The third-order valence-electron chi connectivity index (χ3n) is 2.50. The van der Waals surface area contributed by atoms with E-state index in [0.29, 0.717) is 17.6 Å². The summed E-state index contributed by atoms with van der Waals surface area (Å²) in [5.74, 6) is 0.531. The summed E-state index contributed by atoms with van der Waals surface area (Å²) in [4.78, 5) is 8.56. The van der Waals surface area contributed by atoms with E-state index in [1.807, 2.05) is 50.2 Å². The molecular formula is C14H16N4S. The van der Waals surface area contributed by atoms with Crippen molar-refractivity contribution in [1.29, 1.82) is 0 Å². The molecule has 0 fully saturated rings. The van der Waals surface area contributed by atoms with Gasteiger partial charge in [-0.3, -0.25) is 0 Å². The van der Waals surface area contributed by atoms with Gasteiger partial charge in [-0.05, 0) is 37.7 Å². The normalized spacial score (nSPS) is 10.0. The van der Waals surface area contributed by atoms with Gasteiger partial charge in [0.2, 0.25) is 5.95 Å². The van der Waals surface area contributed by atoms with E-state index in [0.717, 1.165) is 11.4 Å². The number of aryl methyl sites for hydroxylation is 2. The summed E-state index contributed by atoms with van der Waals surface area (Å²) in [7, 11) is 0. The highest BCUT2D eigenvalue weighted by Crippen LogP contribution is 2.03. The number of nitrogens with zero attached hydrogens (tertiary/aromatic N) is 2. The lowest BCUT2D eigenvalue weighted by Gasteiger charge is -2.10. The minimum absolute atomic E-state index is 0.522. The number of aromatic nitrogens is 2. The van der Waals surface area contributed by atoms with Gasteiger partial charge in [0.1, 0.15) is 0 Å². The quantitative estimate of drug-likeness (QED) is 0.841. The van der Waals surface area contributed by atoms with Crippen LogP contribution in [-0.4, -0.2) is 15.1 Å². The molecule has 0 spiro atoms. The topological polar surface area (TPSA) is 49.8 Å². The monoisotopic (exact) mass is 272 g/mol. The molecule has 0 unspecified atom stereocenters. The zero-order valence-corrected chi connectivity index (χ0v) is 11.8. The summed E-state index contributed by atoms with van der Waals surface area (Å²) in [5, 5.41) is 6.64. The molecule has 2 aromatic rings. The molecule has 0 aliphatic rings. The summed E-state index contributed by atoms with van der Waals surface area (Å²) in [6.07, 6.45) is 0. The zero-order valence-electron chi connectivity index (χ0n) is 11.0. The smallest absolute Gasteiger partial charge is 0.229 e. The van der Waals surface area contributed by atoms with Gasteiger partial charge in [-0.1, -0.05) is 30.3 Å². The van der Waals surface area contributed by atoms with E-state index in [1.165, 1.54) is 5.56 Å². The standard InChI is InChI=1S/C14H16N4S/c1-10-8-11(2)17-13(16-10)18-14(19)15-9-12-6-4-3-5-7-12/h3-8H,9H2,1-2H3,(H2,15,16,17,18,19). The number of hydrogen-bond donors (Lipinski definition) is 2. The molecule has 2 rings (SSSR count). The van der Waals surface area contributed by atoms with Gasteiger partial charge in [0.05, 0.1) is 0 Å². The second-order valence-corrected chi connectivity index (χ2v) is 4.68. The molecule has 1 aromatic heterocycles. The number of benzene rings is 1. The minimum atomic E-state index is 0.522. The fourth-order valence-corrected chi connectivity index (χ4v) is 1.87. The summed E-state index contributed by atoms with van der Waals surface area (Å²) in [6.45, 7) is 4.54. The number of hydrogen-bond acceptors (Lipinski definition) is 3. The van der Waals surface area contributed by atoms with Gasteiger partial charge in [0, 0.05) is 17.9 Å². The van der Waals surface area contributed by atoms with E-state index in [1.54, 1.807) is 0 Å². The van der Waals surface area contributed by atoms with E-state index in [-0.39, 0.29) is 0 Å². The first-order valence-corrected chi connectivity index (χ1v) is 6.45. The van der Waals surface area contributed by atoms with Crippen molar-refractivity contribution < 1.29 is 0 Å². The average Bonchev–Trinajstić information content (AvgIpc) is 2.36. The Balaban J connectivity index is 1.91. The van der Waals surface area contributed by atoms with Gasteiger partial charge in [-0.25, -0.2) is 9.97 Å². The highest BCUT2D eigenvalue weighted by Gasteiger charge is 2.02. The Morgan fingerprint density at radius 3 is 2.37 bits per heavy atom. The molecule has 0 saturated heterocycles. The van der Waals surface area contributed by atoms with E-state index in [4.69, 9.17) is 12.2 Å². The van der Waals surface area contributed by atoms with Gasteiger partial charge in [-0.2, -0.15) is 0 Å². The largest absolute Gasteiger partial charge is 0.358 e. The fourth-order valence-electron chi connectivity index (χ4n) is 1.71. The molecule has 1 heterocycles. The highest BCUT2D eigenvalue weighted by atomic mass is 32.1. The minimum Gasteiger partial charge on any atom is -0.358 e. The van der Waals surface area contributed by atoms with Gasteiger partial charge >= 0.3 is 0 Å². The van der Waals surface area contributed by atoms with Crippen molar-refractivity contribution in [2.75, 3.05) is 5.32 Å².